The van der Waals surface area contributed by atoms with Crippen molar-refractivity contribution in [1.29, 1.82) is 0 Å². The molecule has 0 aliphatic carbocycles. The Morgan fingerprint density at radius 3 is 2.69 bits per heavy atom. The Bertz CT molecular complexity index is 149. The Labute approximate surface area is 82.9 Å². The summed E-state index contributed by atoms with van der Waals surface area (Å²) in [5.41, 5.74) is 1.17. The van der Waals surface area contributed by atoms with Crippen LogP contribution in [0.25, 0.3) is 0 Å². The van der Waals surface area contributed by atoms with E-state index in [2.05, 4.69) is 32.3 Å². The summed E-state index contributed by atoms with van der Waals surface area (Å²) in [5, 5.41) is 3.32. The van der Waals surface area contributed by atoms with Crippen molar-refractivity contribution in [3.63, 3.8) is 0 Å². The van der Waals surface area contributed by atoms with Crippen LogP contribution >= 0.6 is 0 Å². The number of nitrogens with one attached hydrogen (secondary N) is 1. The molecule has 0 saturated heterocycles. The maximum absolute atomic E-state index is 3.95. The lowest BCUT2D eigenvalue weighted by atomic mass is 9.96. The predicted molar refractivity (Wildman–Crippen MR) is 60.9 cm³/mol. The lowest BCUT2D eigenvalue weighted by Gasteiger charge is -2.10. The third-order valence-corrected chi connectivity index (χ3v) is 2.39. The van der Waals surface area contributed by atoms with Gasteiger partial charge < -0.3 is 5.32 Å². The third kappa shape index (κ3) is 6.59. The van der Waals surface area contributed by atoms with Crippen LogP contribution in [0.15, 0.2) is 24.8 Å². The Balaban J connectivity index is 3.31. The smallest absolute Gasteiger partial charge is 0.00490 e. The highest BCUT2D eigenvalue weighted by Crippen LogP contribution is 2.16. The molecule has 76 valence electrons. The van der Waals surface area contributed by atoms with Crippen LogP contribution in [0.4, 0.5) is 0 Å². The number of hydrogen-bond donors (Lipinski definition) is 1. The fraction of sp³-hybridized carbons (Fsp3) is 0.667. The van der Waals surface area contributed by atoms with E-state index in [1.54, 1.807) is 0 Å². The summed E-state index contributed by atoms with van der Waals surface area (Å²) in [5.74, 6) is 0.596. The van der Waals surface area contributed by atoms with Gasteiger partial charge in [-0.1, -0.05) is 45.1 Å². The molecule has 0 aliphatic heterocycles. The number of rotatable bonds is 8. The second kappa shape index (κ2) is 8.06. The van der Waals surface area contributed by atoms with Gasteiger partial charge in [0.1, 0.15) is 0 Å². The molecule has 1 atom stereocenters. The zero-order chi connectivity index (χ0) is 10.1. The number of unbranched alkanes of at least 4 members (excludes halogenated alkanes) is 1. The Hall–Kier alpha value is -0.560. The number of allylic oxidation sites excluding steroid dienone is 2. The second-order valence-electron chi connectivity index (χ2n) is 3.53. The van der Waals surface area contributed by atoms with E-state index in [4.69, 9.17) is 0 Å². The van der Waals surface area contributed by atoms with Crippen molar-refractivity contribution >= 4 is 0 Å². The zero-order valence-corrected chi connectivity index (χ0v) is 9.10. The van der Waals surface area contributed by atoms with Crippen LogP contribution in [0.5, 0.6) is 0 Å². The maximum Gasteiger partial charge on any atom is -0.00490 e. The van der Waals surface area contributed by atoms with Gasteiger partial charge in [-0.2, -0.15) is 0 Å². The fourth-order valence-electron chi connectivity index (χ4n) is 1.26. The van der Waals surface area contributed by atoms with E-state index >= 15 is 0 Å². The third-order valence-electron chi connectivity index (χ3n) is 2.39. The quantitative estimate of drug-likeness (QED) is 0.448. The summed E-state index contributed by atoms with van der Waals surface area (Å²) >= 11 is 0. The summed E-state index contributed by atoms with van der Waals surface area (Å²) in [6.07, 6.45) is 5.65. The van der Waals surface area contributed by atoms with Crippen LogP contribution in [0.1, 0.15) is 33.1 Å². The molecule has 0 amide bonds. The molecule has 1 N–H and O–H groups in total. The van der Waals surface area contributed by atoms with Crippen molar-refractivity contribution in [2.45, 2.75) is 33.1 Å². The molecule has 0 aromatic carbocycles. The monoisotopic (exact) mass is 181 g/mol. The highest BCUT2D eigenvalue weighted by molar-refractivity contribution is 5.13. The van der Waals surface area contributed by atoms with Crippen LogP contribution in [-0.4, -0.2) is 13.1 Å². The molecule has 0 spiro atoms. The molecule has 1 heteroatoms. The SMILES string of the molecule is C=CC(=C)C(C)CCCCNCC. The second-order valence-corrected chi connectivity index (χ2v) is 3.53. The first kappa shape index (κ1) is 12.4. The normalized spacial score (nSPS) is 12.5. The van der Waals surface area contributed by atoms with E-state index in [1.165, 1.54) is 24.8 Å². The molecule has 0 fully saturated rings. The molecular formula is C12H23N. The van der Waals surface area contributed by atoms with E-state index in [0.717, 1.165) is 13.1 Å². The molecule has 0 aliphatic rings. The minimum Gasteiger partial charge on any atom is -0.317 e. The van der Waals surface area contributed by atoms with E-state index in [0.29, 0.717) is 5.92 Å². The van der Waals surface area contributed by atoms with Crippen molar-refractivity contribution in [2.24, 2.45) is 5.92 Å². The van der Waals surface area contributed by atoms with Gasteiger partial charge in [0.05, 0.1) is 0 Å². The van der Waals surface area contributed by atoms with Gasteiger partial charge in [-0.3, -0.25) is 0 Å². The zero-order valence-electron chi connectivity index (χ0n) is 9.10. The lowest BCUT2D eigenvalue weighted by Crippen LogP contribution is -2.14. The first-order chi connectivity index (χ1) is 6.22. The molecule has 0 rings (SSSR count). The largest absolute Gasteiger partial charge is 0.317 e. The molecule has 1 unspecified atom stereocenters. The first-order valence-corrected chi connectivity index (χ1v) is 5.24. The summed E-state index contributed by atoms with van der Waals surface area (Å²) in [6, 6.07) is 0. The van der Waals surface area contributed by atoms with Crippen LogP contribution in [0, 0.1) is 5.92 Å². The van der Waals surface area contributed by atoms with Crippen molar-refractivity contribution in [3.8, 4) is 0 Å². The van der Waals surface area contributed by atoms with Gasteiger partial charge in [0.15, 0.2) is 0 Å². The van der Waals surface area contributed by atoms with Crippen LogP contribution < -0.4 is 5.32 Å². The van der Waals surface area contributed by atoms with Crippen molar-refractivity contribution in [1.82, 2.24) is 5.32 Å². The molecule has 13 heavy (non-hydrogen) atoms. The average Bonchev–Trinajstić information content (AvgIpc) is 2.16. The maximum atomic E-state index is 3.95. The molecule has 1 nitrogen and oxygen atoms in total. The minimum atomic E-state index is 0.596. The van der Waals surface area contributed by atoms with Gasteiger partial charge in [0.25, 0.3) is 0 Å². The first-order valence-electron chi connectivity index (χ1n) is 5.24. The topological polar surface area (TPSA) is 12.0 Å². The highest BCUT2D eigenvalue weighted by Gasteiger charge is 2.02. The molecule has 0 radical (unpaired) electrons. The Morgan fingerprint density at radius 2 is 2.15 bits per heavy atom. The minimum absolute atomic E-state index is 0.596. The van der Waals surface area contributed by atoms with Gasteiger partial charge in [-0.25, -0.2) is 0 Å². The standard InChI is InChI=1S/C12H23N/c1-5-11(3)12(4)9-7-8-10-13-6-2/h5,12-13H,1,3,6-10H2,2,4H3. The lowest BCUT2D eigenvalue weighted by molar-refractivity contribution is 0.548. The van der Waals surface area contributed by atoms with Crippen LogP contribution in [-0.2, 0) is 0 Å². The summed E-state index contributed by atoms with van der Waals surface area (Å²) in [4.78, 5) is 0. The fourth-order valence-corrected chi connectivity index (χ4v) is 1.26. The molecule has 0 aromatic rings. The van der Waals surface area contributed by atoms with E-state index in [9.17, 15) is 0 Å². The van der Waals surface area contributed by atoms with Gasteiger partial charge >= 0.3 is 0 Å². The average molecular weight is 181 g/mol. The highest BCUT2D eigenvalue weighted by atomic mass is 14.8. The van der Waals surface area contributed by atoms with Gasteiger partial charge in [-0.05, 0) is 31.8 Å². The molecule has 0 heterocycles. The van der Waals surface area contributed by atoms with Crippen LogP contribution in [0.3, 0.4) is 0 Å². The molecular weight excluding hydrogens is 158 g/mol. The summed E-state index contributed by atoms with van der Waals surface area (Å²) in [7, 11) is 0. The predicted octanol–water partition coefficient (Wildman–Crippen LogP) is 3.14. The molecule has 0 bridgehead atoms. The van der Waals surface area contributed by atoms with Gasteiger partial charge in [-0.15, -0.1) is 0 Å². The van der Waals surface area contributed by atoms with E-state index in [1.807, 2.05) is 6.08 Å². The number of hydrogen-bond acceptors (Lipinski definition) is 1. The van der Waals surface area contributed by atoms with Gasteiger partial charge in [0, 0.05) is 0 Å². The van der Waals surface area contributed by atoms with E-state index in [-0.39, 0.29) is 0 Å². The van der Waals surface area contributed by atoms with Crippen molar-refractivity contribution in [2.75, 3.05) is 13.1 Å². The van der Waals surface area contributed by atoms with Gasteiger partial charge in [0.2, 0.25) is 0 Å². The van der Waals surface area contributed by atoms with Crippen molar-refractivity contribution in [3.05, 3.63) is 24.8 Å². The Kier molecular flexibility index (Phi) is 7.71. The van der Waals surface area contributed by atoms with Crippen LogP contribution in [0.2, 0.25) is 0 Å². The summed E-state index contributed by atoms with van der Waals surface area (Å²) in [6.45, 7) is 14.3. The summed E-state index contributed by atoms with van der Waals surface area (Å²) < 4.78 is 0. The van der Waals surface area contributed by atoms with E-state index < -0.39 is 0 Å². The molecule has 0 aromatic heterocycles. The Morgan fingerprint density at radius 1 is 1.46 bits per heavy atom. The van der Waals surface area contributed by atoms with Crippen molar-refractivity contribution < 1.29 is 0 Å². The molecule has 0 saturated carbocycles.